The minimum atomic E-state index is -0.244. The fourth-order valence-electron chi connectivity index (χ4n) is 1.66. The SMILES string of the molecule is CCOc1ccc(NC(=O)c2ccc(CO)nc2)cc1. The van der Waals surface area contributed by atoms with E-state index in [-0.39, 0.29) is 12.5 Å². The van der Waals surface area contributed by atoms with Crippen LogP contribution >= 0.6 is 0 Å². The Hall–Kier alpha value is -2.40. The summed E-state index contributed by atoms with van der Waals surface area (Å²) in [7, 11) is 0. The van der Waals surface area contributed by atoms with Crippen LogP contribution in [0, 0.1) is 0 Å². The number of hydrogen-bond donors (Lipinski definition) is 2. The van der Waals surface area contributed by atoms with E-state index in [2.05, 4.69) is 10.3 Å². The lowest BCUT2D eigenvalue weighted by Gasteiger charge is -2.07. The molecule has 0 unspecified atom stereocenters. The van der Waals surface area contributed by atoms with E-state index in [4.69, 9.17) is 9.84 Å². The molecule has 0 radical (unpaired) electrons. The van der Waals surface area contributed by atoms with Crippen molar-refractivity contribution in [1.82, 2.24) is 4.98 Å². The highest BCUT2D eigenvalue weighted by atomic mass is 16.5. The highest BCUT2D eigenvalue weighted by Crippen LogP contribution is 2.16. The third kappa shape index (κ3) is 3.55. The molecule has 5 nitrogen and oxygen atoms in total. The van der Waals surface area contributed by atoms with Gasteiger partial charge in [0.2, 0.25) is 0 Å². The monoisotopic (exact) mass is 272 g/mol. The molecular weight excluding hydrogens is 256 g/mol. The van der Waals surface area contributed by atoms with Gasteiger partial charge in [-0.05, 0) is 43.3 Å². The van der Waals surface area contributed by atoms with Crippen LogP contribution in [-0.2, 0) is 6.61 Å². The summed E-state index contributed by atoms with van der Waals surface area (Å²) in [6, 6.07) is 10.4. The lowest BCUT2D eigenvalue weighted by atomic mass is 10.2. The molecule has 1 aromatic carbocycles. The standard InChI is InChI=1S/C15H16N2O3/c1-2-20-14-7-5-12(6-8-14)17-15(19)11-3-4-13(10-18)16-9-11/h3-9,18H,2,10H2,1H3,(H,17,19). The summed E-state index contributed by atoms with van der Waals surface area (Å²) in [5.74, 6) is 0.519. The second-order valence-corrected chi connectivity index (χ2v) is 4.11. The van der Waals surface area contributed by atoms with Gasteiger partial charge in [-0.15, -0.1) is 0 Å². The molecule has 2 aromatic rings. The van der Waals surface area contributed by atoms with Crippen LogP contribution in [0.5, 0.6) is 5.75 Å². The Balaban J connectivity index is 2.02. The second kappa shape index (κ2) is 6.68. The van der Waals surface area contributed by atoms with Gasteiger partial charge >= 0.3 is 0 Å². The highest BCUT2D eigenvalue weighted by Gasteiger charge is 2.06. The van der Waals surface area contributed by atoms with Crippen molar-refractivity contribution in [3.05, 3.63) is 53.9 Å². The number of nitrogens with one attached hydrogen (secondary N) is 1. The summed E-state index contributed by atoms with van der Waals surface area (Å²) < 4.78 is 5.33. The normalized spacial score (nSPS) is 10.1. The summed E-state index contributed by atoms with van der Waals surface area (Å²) in [6.07, 6.45) is 1.44. The first-order valence-electron chi connectivity index (χ1n) is 6.33. The van der Waals surface area contributed by atoms with Gasteiger partial charge in [-0.3, -0.25) is 9.78 Å². The van der Waals surface area contributed by atoms with Crippen molar-refractivity contribution in [3.63, 3.8) is 0 Å². The Morgan fingerprint density at radius 2 is 2.00 bits per heavy atom. The number of nitrogens with zero attached hydrogens (tertiary/aromatic N) is 1. The maximum Gasteiger partial charge on any atom is 0.257 e. The summed E-state index contributed by atoms with van der Waals surface area (Å²) >= 11 is 0. The molecular formula is C15H16N2O3. The number of aliphatic hydroxyl groups is 1. The van der Waals surface area contributed by atoms with Crippen molar-refractivity contribution < 1.29 is 14.6 Å². The molecule has 0 spiro atoms. The van der Waals surface area contributed by atoms with Gasteiger partial charge in [-0.1, -0.05) is 0 Å². The molecule has 1 amide bonds. The smallest absolute Gasteiger partial charge is 0.257 e. The van der Waals surface area contributed by atoms with E-state index in [1.54, 1.807) is 36.4 Å². The van der Waals surface area contributed by atoms with Gasteiger partial charge in [-0.25, -0.2) is 0 Å². The van der Waals surface area contributed by atoms with E-state index in [1.807, 2.05) is 6.92 Å². The first kappa shape index (κ1) is 14.0. The predicted molar refractivity (Wildman–Crippen MR) is 75.7 cm³/mol. The van der Waals surface area contributed by atoms with Gasteiger partial charge in [0, 0.05) is 11.9 Å². The molecule has 104 valence electrons. The maximum atomic E-state index is 12.0. The Morgan fingerprint density at radius 3 is 2.55 bits per heavy atom. The number of anilines is 1. The molecule has 2 N–H and O–H groups in total. The van der Waals surface area contributed by atoms with Gasteiger partial charge in [-0.2, -0.15) is 0 Å². The number of carbonyl (C=O) groups is 1. The second-order valence-electron chi connectivity index (χ2n) is 4.11. The van der Waals surface area contributed by atoms with Crippen LogP contribution in [0.2, 0.25) is 0 Å². The van der Waals surface area contributed by atoms with Gasteiger partial charge < -0.3 is 15.2 Å². The van der Waals surface area contributed by atoms with Crippen LogP contribution < -0.4 is 10.1 Å². The first-order valence-corrected chi connectivity index (χ1v) is 6.33. The number of carbonyl (C=O) groups excluding carboxylic acids is 1. The zero-order valence-corrected chi connectivity index (χ0v) is 11.2. The Morgan fingerprint density at radius 1 is 1.25 bits per heavy atom. The molecule has 0 saturated heterocycles. The van der Waals surface area contributed by atoms with E-state index in [9.17, 15) is 4.79 Å². The molecule has 1 heterocycles. The number of benzene rings is 1. The van der Waals surface area contributed by atoms with E-state index < -0.39 is 0 Å². The molecule has 0 atom stereocenters. The van der Waals surface area contributed by atoms with Crippen LogP contribution in [0.1, 0.15) is 23.0 Å². The lowest BCUT2D eigenvalue weighted by molar-refractivity contribution is 0.102. The van der Waals surface area contributed by atoms with Gasteiger partial charge in [0.05, 0.1) is 24.5 Å². The van der Waals surface area contributed by atoms with Gasteiger partial charge in [0.1, 0.15) is 5.75 Å². The molecule has 0 saturated carbocycles. The summed E-state index contributed by atoms with van der Waals surface area (Å²) in [5.41, 5.74) is 1.66. The summed E-state index contributed by atoms with van der Waals surface area (Å²) in [4.78, 5) is 15.9. The van der Waals surface area contributed by atoms with Crippen LogP contribution in [0.25, 0.3) is 0 Å². The number of aliphatic hydroxyl groups excluding tert-OH is 1. The Bertz CT molecular complexity index is 565. The quantitative estimate of drug-likeness (QED) is 0.875. The topological polar surface area (TPSA) is 71.5 Å². The largest absolute Gasteiger partial charge is 0.494 e. The van der Waals surface area contributed by atoms with E-state index in [0.717, 1.165) is 5.75 Å². The predicted octanol–water partition coefficient (Wildman–Crippen LogP) is 2.22. The molecule has 2 rings (SSSR count). The average Bonchev–Trinajstić information content (AvgIpc) is 2.49. The highest BCUT2D eigenvalue weighted by molar-refractivity contribution is 6.04. The van der Waals surface area contributed by atoms with E-state index in [0.29, 0.717) is 23.6 Å². The van der Waals surface area contributed by atoms with Crippen molar-refractivity contribution in [1.29, 1.82) is 0 Å². The molecule has 0 aliphatic carbocycles. The minimum Gasteiger partial charge on any atom is -0.494 e. The van der Waals surface area contributed by atoms with Crippen LogP contribution in [-0.4, -0.2) is 22.6 Å². The number of ether oxygens (including phenoxy) is 1. The van der Waals surface area contributed by atoms with Crippen LogP contribution in [0.15, 0.2) is 42.6 Å². The molecule has 0 fully saturated rings. The lowest BCUT2D eigenvalue weighted by Crippen LogP contribution is -2.12. The van der Waals surface area contributed by atoms with Crippen molar-refractivity contribution in [2.75, 3.05) is 11.9 Å². The minimum absolute atomic E-state index is 0.138. The fourth-order valence-corrected chi connectivity index (χ4v) is 1.66. The zero-order chi connectivity index (χ0) is 14.4. The molecule has 1 aromatic heterocycles. The molecule has 20 heavy (non-hydrogen) atoms. The van der Waals surface area contributed by atoms with Crippen molar-refractivity contribution in [2.24, 2.45) is 0 Å². The van der Waals surface area contributed by atoms with Crippen molar-refractivity contribution in [3.8, 4) is 5.75 Å². The average molecular weight is 272 g/mol. The Kier molecular flexibility index (Phi) is 4.68. The number of rotatable bonds is 5. The molecule has 0 bridgehead atoms. The Labute approximate surface area is 117 Å². The molecule has 5 heteroatoms. The van der Waals surface area contributed by atoms with E-state index >= 15 is 0 Å². The van der Waals surface area contributed by atoms with Crippen molar-refractivity contribution in [2.45, 2.75) is 13.5 Å². The van der Waals surface area contributed by atoms with Gasteiger partial charge in [0.15, 0.2) is 0 Å². The number of aromatic nitrogens is 1. The van der Waals surface area contributed by atoms with Crippen molar-refractivity contribution >= 4 is 11.6 Å². The number of pyridine rings is 1. The van der Waals surface area contributed by atoms with Crippen LogP contribution in [0.4, 0.5) is 5.69 Å². The summed E-state index contributed by atoms with van der Waals surface area (Å²) in [6.45, 7) is 2.38. The van der Waals surface area contributed by atoms with Gasteiger partial charge in [0.25, 0.3) is 5.91 Å². The molecule has 0 aliphatic heterocycles. The molecule has 0 aliphatic rings. The zero-order valence-electron chi connectivity index (χ0n) is 11.2. The third-order valence-corrected chi connectivity index (χ3v) is 2.67. The first-order chi connectivity index (χ1) is 9.72. The number of hydrogen-bond acceptors (Lipinski definition) is 4. The fraction of sp³-hybridized carbons (Fsp3) is 0.200. The van der Waals surface area contributed by atoms with E-state index in [1.165, 1.54) is 6.20 Å². The summed E-state index contributed by atoms with van der Waals surface area (Å²) in [5, 5.41) is 11.7. The van der Waals surface area contributed by atoms with Crippen LogP contribution in [0.3, 0.4) is 0 Å². The maximum absolute atomic E-state index is 12.0. The number of amides is 1. The third-order valence-electron chi connectivity index (χ3n) is 2.67.